The van der Waals surface area contributed by atoms with Crippen LogP contribution in [0.25, 0.3) is 0 Å². The molecule has 0 aromatic carbocycles. The normalized spacial score (nSPS) is 13.6. The predicted molar refractivity (Wildman–Crippen MR) is 68.8 cm³/mol. The first-order valence-corrected chi connectivity index (χ1v) is 6.68. The van der Waals surface area contributed by atoms with Crippen molar-refractivity contribution in [3.8, 4) is 0 Å². The van der Waals surface area contributed by atoms with Crippen LogP contribution < -0.4 is 10.6 Å². The summed E-state index contributed by atoms with van der Waals surface area (Å²) in [5.74, 6) is 1.09. The van der Waals surface area contributed by atoms with Crippen LogP contribution in [0.5, 0.6) is 0 Å². The molecule has 0 bridgehead atoms. The topological polar surface area (TPSA) is 75.3 Å². The molecule has 2 N–H and O–H groups in total. The summed E-state index contributed by atoms with van der Waals surface area (Å²) >= 11 is 1.61. The second-order valence-electron chi connectivity index (χ2n) is 3.84. The second kappa shape index (κ2) is 9.04. The number of carbonyl (C=O) groups is 3. The van der Waals surface area contributed by atoms with Gasteiger partial charge in [-0.2, -0.15) is 11.8 Å². The summed E-state index contributed by atoms with van der Waals surface area (Å²) in [6.07, 6.45) is 1.48. The summed E-state index contributed by atoms with van der Waals surface area (Å²) in [7, 11) is 1.54. The van der Waals surface area contributed by atoms with Gasteiger partial charge in [-0.3, -0.25) is 9.59 Å². The minimum Gasteiger partial charge on any atom is -0.357 e. The van der Waals surface area contributed by atoms with E-state index in [9.17, 15) is 14.4 Å². The van der Waals surface area contributed by atoms with Crippen LogP contribution in [0, 0.1) is 5.92 Å². The van der Waals surface area contributed by atoms with Gasteiger partial charge in [-0.1, -0.05) is 6.92 Å². The van der Waals surface area contributed by atoms with Gasteiger partial charge in [-0.15, -0.1) is 0 Å². The van der Waals surface area contributed by atoms with Crippen molar-refractivity contribution in [2.45, 2.75) is 26.3 Å². The standard InChI is InChI=1S/C11H20N2O3S/c1-8(6-14)7-17-5-4-10(11(16)12-3)13-9(2)15/h6,8,10H,4-5,7H2,1-3H3,(H,12,16)(H,13,15). The fraction of sp³-hybridized carbons (Fsp3) is 0.727. The molecule has 17 heavy (non-hydrogen) atoms. The highest BCUT2D eigenvalue weighted by molar-refractivity contribution is 7.99. The summed E-state index contributed by atoms with van der Waals surface area (Å²) in [6.45, 7) is 3.24. The van der Waals surface area contributed by atoms with Crippen molar-refractivity contribution in [2.75, 3.05) is 18.6 Å². The fourth-order valence-corrected chi connectivity index (χ4v) is 2.22. The first kappa shape index (κ1) is 16.0. The number of amides is 2. The summed E-state index contributed by atoms with van der Waals surface area (Å²) in [5.41, 5.74) is 0. The van der Waals surface area contributed by atoms with Gasteiger partial charge < -0.3 is 15.4 Å². The van der Waals surface area contributed by atoms with E-state index in [2.05, 4.69) is 10.6 Å². The molecule has 0 aromatic heterocycles. The van der Waals surface area contributed by atoms with E-state index in [0.29, 0.717) is 6.42 Å². The van der Waals surface area contributed by atoms with Crippen LogP contribution >= 0.6 is 11.8 Å². The van der Waals surface area contributed by atoms with E-state index < -0.39 is 6.04 Å². The van der Waals surface area contributed by atoms with Crippen LogP contribution in [-0.4, -0.2) is 42.7 Å². The molecule has 0 radical (unpaired) electrons. The molecule has 0 heterocycles. The van der Waals surface area contributed by atoms with E-state index in [4.69, 9.17) is 0 Å². The number of hydrogen-bond donors (Lipinski definition) is 2. The lowest BCUT2D eigenvalue weighted by Crippen LogP contribution is -2.45. The Morgan fingerprint density at radius 2 is 2.06 bits per heavy atom. The first-order valence-electron chi connectivity index (χ1n) is 5.53. The minimum atomic E-state index is -0.489. The zero-order valence-corrected chi connectivity index (χ0v) is 11.3. The number of nitrogens with one attached hydrogen (secondary N) is 2. The third-order valence-electron chi connectivity index (χ3n) is 2.10. The van der Waals surface area contributed by atoms with E-state index in [-0.39, 0.29) is 17.7 Å². The lowest BCUT2D eigenvalue weighted by atomic mass is 10.2. The highest BCUT2D eigenvalue weighted by Gasteiger charge is 2.17. The van der Waals surface area contributed by atoms with Crippen molar-refractivity contribution >= 4 is 29.9 Å². The number of rotatable bonds is 8. The summed E-state index contributed by atoms with van der Waals surface area (Å²) < 4.78 is 0. The second-order valence-corrected chi connectivity index (χ2v) is 4.99. The van der Waals surface area contributed by atoms with E-state index in [1.165, 1.54) is 6.92 Å². The molecular formula is C11H20N2O3S. The summed E-state index contributed by atoms with van der Waals surface area (Å²) in [4.78, 5) is 32.8. The van der Waals surface area contributed by atoms with Crippen molar-refractivity contribution in [2.24, 2.45) is 5.92 Å². The SMILES string of the molecule is CNC(=O)C(CCSCC(C)C=O)NC(C)=O. The molecule has 0 aliphatic heterocycles. The van der Waals surface area contributed by atoms with Crippen LogP contribution in [0.2, 0.25) is 0 Å². The zero-order chi connectivity index (χ0) is 13.3. The molecule has 2 unspecified atom stereocenters. The smallest absolute Gasteiger partial charge is 0.242 e. The van der Waals surface area contributed by atoms with Gasteiger partial charge in [0.05, 0.1) is 0 Å². The Balaban J connectivity index is 3.95. The molecule has 6 heteroatoms. The molecule has 5 nitrogen and oxygen atoms in total. The monoisotopic (exact) mass is 260 g/mol. The Morgan fingerprint density at radius 1 is 1.41 bits per heavy atom. The van der Waals surface area contributed by atoms with Crippen molar-refractivity contribution in [3.63, 3.8) is 0 Å². The third-order valence-corrected chi connectivity index (χ3v) is 3.39. The average Bonchev–Trinajstić information content (AvgIpc) is 2.31. The van der Waals surface area contributed by atoms with Gasteiger partial charge in [-0.25, -0.2) is 0 Å². The van der Waals surface area contributed by atoms with Crippen molar-refractivity contribution < 1.29 is 14.4 Å². The zero-order valence-electron chi connectivity index (χ0n) is 10.5. The van der Waals surface area contributed by atoms with E-state index in [1.54, 1.807) is 18.8 Å². The van der Waals surface area contributed by atoms with Crippen molar-refractivity contribution in [3.05, 3.63) is 0 Å². The maximum Gasteiger partial charge on any atom is 0.242 e. The van der Waals surface area contributed by atoms with Crippen LogP contribution in [0.4, 0.5) is 0 Å². The molecule has 0 rings (SSSR count). The Kier molecular flexibility index (Phi) is 8.49. The number of aldehydes is 1. The molecule has 0 saturated heterocycles. The molecule has 0 aromatic rings. The quantitative estimate of drug-likeness (QED) is 0.483. The van der Waals surface area contributed by atoms with Gasteiger partial charge >= 0.3 is 0 Å². The van der Waals surface area contributed by atoms with Crippen LogP contribution in [0.3, 0.4) is 0 Å². The van der Waals surface area contributed by atoms with E-state index in [0.717, 1.165) is 17.8 Å². The van der Waals surface area contributed by atoms with Gasteiger partial charge in [0.2, 0.25) is 11.8 Å². The van der Waals surface area contributed by atoms with Gasteiger partial charge in [0.25, 0.3) is 0 Å². The third kappa shape index (κ3) is 7.79. The molecule has 0 saturated carbocycles. The van der Waals surface area contributed by atoms with Crippen molar-refractivity contribution in [1.82, 2.24) is 10.6 Å². The summed E-state index contributed by atoms with van der Waals surface area (Å²) in [6, 6.07) is -0.489. The number of likely N-dealkylation sites (N-methyl/N-ethyl adjacent to an activating group) is 1. The number of carbonyl (C=O) groups excluding carboxylic acids is 3. The maximum atomic E-state index is 11.4. The Morgan fingerprint density at radius 3 is 2.53 bits per heavy atom. The van der Waals surface area contributed by atoms with E-state index in [1.807, 2.05) is 6.92 Å². The van der Waals surface area contributed by atoms with Gasteiger partial charge in [0.1, 0.15) is 12.3 Å². The van der Waals surface area contributed by atoms with E-state index >= 15 is 0 Å². The van der Waals surface area contributed by atoms with Gasteiger partial charge in [0.15, 0.2) is 0 Å². The molecule has 0 aliphatic rings. The molecule has 2 amide bonds. The molecule has 0 aliphatic carbocycles. The molecule has 0 fully saturated rings. The van der Waals surface area contributed by atoms with Crippen LogP contribution in [0.1, 0.15) is 20.3 Å². The first-order chi connectivity index (χ1) is 8.01. The maximum absolute atomic E-state index is 11.4. The van der Waals surface area contributed by atoms with Gasteiger partial charge in [-0.05, 0) is 12.2 Å². The van der Waals surface area contributed by atoms with Gasteiger partial charge in [0, 0.05) is 25.6 Å². The molecular weight excluding hydrogens is 240 g/mol. The number of hydrogen-bond acceptors (Lipinski definition) is 4. The molecule has 98 valence electrons. The average molecular weight is 260 g/mol. The highest BCUT2D eigenvalue weighted by Crippen LogP contribution is 2.09. The van der Waals surface area contributed by atoms with Crippen molar-refractivity contribution in [1.29, 1.82) is 0 Å². The lowest BCUT2D eigenvalue weighted by Gasteiger charge is -2.16. The Bertz CT molecular complexity index is 271. The van der Waals surface area contributed by atoms with Crippen LogP contribution in [-0.2, 0) is 14.4 Å². The Labute approximate surface area is 106 Å². The molecule has 0 spiro atoms. The Hall–Kier alpha value is -1.04. The number of thioether (sulfide) groups is 1. The lowest BCUT2D eigenvalue weighted by molar-refractivity contribution is -0.127. The largest absolute Gasteiger partial charge is 0.357 e. The molecule has 2 atom stereocenters. The predicted octanol–water partition coefficient (Wildman–Crippen LogP) is 0.195. The highest BCUT2D eigenvalue weighted by atomic mass is 32.2. The minimum absolute atomic E-state index is 0.0271. The summed E-state index contributed by atoms with van der Waals surface area (Å²) in [5, 5.41) is 5.11. The fourth-order valence-electron chi connectivity index (χ4n) is 1.20. The van der Waals surface area contributed by atoms with Crippen LogP contribution in [0.15, 0.2) is 0 Å².